The molecular weight excluding hydrogens is 261 g/mol. The molecule has 0 aliphatic carbocycles. The van der Waals surface area contributed by atoms with Crippen molar-refractivity contribution in [3.8, 4) is 11.4 Å². The molecule has 2 aromatic rings. The predicted octanol–water partition coefficient (Wildman–Crippen LogP) is 3.81. The van der Waals surface area contributed by atoms with E-state index in [1.54, 1.807) is 12.1 Å². The molecule has 0 spiro atoms. The fourth-order valence-electron chi connectivity index (χ4n) is 1.60. The van der Waals surface area contributed by atoms with Gasteiger partial charge in [0, 0.05) is 12.1 Å². The molecule has 6 heteroatoms. The van der Waals surface area contributed by atoms with Crippen LogP contribution in [0.25, 0.3) is 11.4 Å². The highest BCUT2D eigenvalue weighted by molar-refractivity contribution is 7.71. The smallest absolute Gasteiger partial charge is 0.195 e. The van der Waals surface area contributed by atoms with Gasteiger partial charge in [-0.2, -0.15) is 5.10 Å². The number of aromatic nitrogens is 3. The van der Waals surface area contributed by atoms with Crippen LogP contribution in [0.5, 0.6) is 0 Å². The first-order chi connectivity index (χ1) is 8.13. The van der Waals surface area contributed by atoms with E-state index < -0.39 is 5.82 Å². The number of halogens is 2. The zero-order valence-electron chi connectivity index (χ0n) is 9.20. The Labute approximate surface area is 108 Å². The highest BCUT2D eigenvalue weighted by Crippen LogP contribution is 2.23. The molecule has 1 aromatic carbocycles. The SMILES string of the molecule is CCCn1c(-c2ccc(F)c(Cl)c2)n[nH]c1=S. The van der Waals surface area contributed by atoms with Crippen molar-refractivity contribution in [1.82, 2.24) is 14.8 Å². The van der Waals surface area contributed by atoms with Crippen molar-refractivity contribution >= 4 is 23.8 Å². The van der Waals surface area contributed by atoms with Crippen LogP contribution < -0.4 is 0 Å². The predicted molar refractivity (Wildman–Crippen MR) is 68.1 cm³/mol. The van der Waals surface area contributed by atoms with Crippen LogP contribution >= 0.6 is 23.8 Å². The Balaban J connectivity index is 2.52. The second-order valence-corrected chi connectivity index (χ2v) is 4.43. The summed E-state index contributed by atoms with van der Waals surface area (Å²) < 4.78 is 15.5. The number of nitrogens with zero attached hydrogens (tertiary/aromatic N) is 2. The van der Waals surface area contributed by atoms with Crippen molar-refractivity contribution in [2.24, 2.45) is 0 Å². The summed E-state index contributed by atoms with van der Waals surface area (Å²) in [5.41, 5.74) is 0.747. The Hall–Kier alpha value is -1.20. The molecule has 1 heterocycles. The normalized spacial score (nSPS) is 10.8. The monoisotopic (exact) mass is 271 g/mol. The third-order valence-corrected chi connectivity index (χ3v) is 2.98. The van der Waals surface area contributed by atoms with E-state index >= 15 is 0 Å². The number of rotatable bonds is 3. The van der Waals surface area contributed by atoms with Gasteiger partial charge >= 0.3 is 0 Å². The molecule has 1 N–H and O–H groups in total. The van der Waals surface area contributed by atoms with Crippen LogP contribution in [-0.2, 0) is 6.54 Å². The van der Waals surface area contributed by atoms with Crippen LogP contribution in [0.3, 0.4) is 0 Å². The van der Waals surface area contributed by atoms with Gasteiger partial charge in [0.05, 0.1) is 5.02 Å². The minimum absolute atomic E-state index is 0.0828. The molecule has 0 unspecified atom stereocenters. The van der Waals surface area contributed by atoms with E-state index in [1.807, 2.05) is 4.57 Å². The van der Waals surface area contributed by atoms with Gasteiger partial charge in [-0.3, -0.25) is 5.10 Å². The summed E-state index contributed by atoms with van der Waals surface area (Å²) in [4.78, 5) is 0. The van der Waals surface area contributed by atoms with Crippen molar-refractivity contribution in [2.45, 2.75) is 19.9 Å². The summed E-state index contributed by atoms with van der Waals surface area (Å²) in [5.74, 6) is 0.241. The number of hydrogen-bond acceptors (Lipinski definition) is 2. The third-order valence-electron chi connectivity index (χ3n) is 2.38. The maximum Gasteiger partial charge on any atom is 0.195 e. The molecule has 0 fully saturated rings. The zero-order chi connectivity index (χ0) is 12.4. The Morgan fingerprint density at radius 2 is 2.29 bits per heavy atom. The van der Waals surface area contributed by atoms with Crippen LogP contribution in [0.2, 0.25) is 5.02 Å². The van der Waals surface area contributed by atoms with Crippen LogP contribution in [0, 0.1) is 10.6 Å². The number of hydrogen-bond donors (Lipinski definition) is 1. The van der Waals surface area contributed by atoms with Gasteiger partial charge in [-0.05, 0) is 36.8 Å². The molecule has 0 amide bonds. The number of H-pyrrole nitrogens is 1. The lowest BCUT2D eigenvalue weighted by Crippen LogP contribution is -2.00. The first-order valence-electron chi connectivity index (χ1n) is 5.24. The van der Waals surface area contributed by atoms with Crippen LogP contribution in [0.1, 0.15) is 13.3 Å². The van der Waals surface area contributed by atoms with E-state index in [1.165, 1.54) is 6.07 Å². The highest BCUT2D eigenvalue weighted by Gasteiger charge is 2.10. The van der Waals surface area contributed by atoms with E-state index in [2.05, 4.69) is 17.1 Å². The van der Waals surface area contributed by atoms with Gasteiger partial charge in [0.2, 0.25) is 0 Å². The lowest BCUT2D eigenvalue weighted by atomic mass is 10.2. The van der Waals surface area contributed by atoms with Crippen LogP contribution in [0.15, 0.2) is 18.2 Å². The molecular formula is C11H11ClFN3S. The highest BCUT2D eigenvalue weighted by atomic mass is 35.5. The molecule has 0 saturated carbocycles. The first-order valence-corrected chi connectivity index (χ1v) is 6.02. The van der Waals surface area contributed by atoms with Crippen molar-refractivity contribution in [3.05, 3.63) is 33.8 Å². The molecule has 17 heavy (non-hydrogen) atoms. The Bertz CT molecular complexity index is 591. The van der Waals surface area contributed by atoms with Gasteiger partial charge in [0.15, 0.2) is 10.6 Å². The fourth-order valence-corrected chi connectivity index (χ4v) is 2.01. The largest absolute Gasteiger partial charge is 0.300 e. The molecule has 0 atom stereocenters. The van der Waals surface area contributed by atoms with Crippen molar-refractivity contribution in [1.29, 1.82) is 0 Å². The van der Waals surface area contributed by atoms with Gasteiger partial charge in [-0.1, -0.05) is 18.5 Å². The summed E-state index contributed by atoms with van der Waals surface area (Å²) in [6.45, 7) is 2.82. The molecule has 3 nitrogen and oxygen atoms in total. The van der Waals surface area contributed by atoms with E-state index in [-0.39, 0.29) is 5.02 Å². The summed E-state index contributed by atoms with van der Waals surface area (Å²) in [6, 6.07) is 4.51. The fraction of sp³-hybridized carbons (Fsp3) is 0.273. The standard InChI is InChI=1S/C11H11ClFN3S/c1-2-5-16-10(14-15-11(16)17)7-3-4-9(13)8(12)6-7/h3-4,6H,2,5H2,1H3,(H,15,17). The Morgan fingerprint density at radius 3 is 2.94 bits per heavy atom. The Morgan fingerprint density at radius 1 is 1.53 bits per heavy atom. The summed E-state index contributed by atoms with van der Waals surface area (Å²) >= 11 is 10.9. The van der Waals surface area contributed by atoms with Crippen LogP contribution in [0.4, 0.5) is 4.39 Å². The van der Waals surface area contributed by atoms with Crippen molar-refractivity contribution in [2.75, 3.05) is 0 Å². The quantitative estimate of drug-likeness (QED) is 0.861. The van der Waals surface area contributed by atoms with Gasteiger partial charge in [0.1, 0.15) is 5.82 Å². The van der Waals surface area contributed by atoms with Gasteiger partial charge < -0.3 is 4.57 Å². The average Bonchev–Trinajstić information content (AvgIpc) is 2.66. The van der Waals surface area contributed by atoms with E-state index in [0.717, 1.165) is 18.5 Å². The van der Waals surface area contributed by atoms with E-state index in [9.17, 15) is 4.39 Å². The maximum atomic E-state index is 13.1. The molecule has 0 radical (unpaired) electrons. The topological polar surface area (TPSA) is 33.6 Å². The molecule has 90 valence electrons. The number of aromatic amines is 1. The van der Waals surface area contributed by atoms with E-state index in [4.69, 9.17) is 23.8 Å². The van der Waals surface area contributed by atoms with Gasteiger partial charge in [-0.25, -0.2) is 4.39 Å². The lowest BCUT2D eigenvalue weighted by Gasteiger charge is -2.05. The number of nitrogens with one attached hydrogen (secondary N) is 1. The third kappa shape index (κ3) is 2.40. The molecule has 0 aliphatic heterocycles. The summed E-state index contributed by atoms with van der Waals surface area (Å²) in [6.07, 6.45) is 0.940. The molecule has 1 aromatic heterocycles. The molecule has 2 rings (SSSR count). The zero-order valence-corrected chi connectivity index (χ0v) is 10.8. The van der Waals surface area contributed by atoms with Crippen molar-refractivity contribution < 1.29 is 4.39 Å². The van der Waals surface area contributed by atoms with Crippen LogP contribution in [-0.4, -0.2) is 14.8 Å². The minimum Gasteiger partial charge on any atom is -0.300 e. The van der Waals surface area contributed by atoms with Crippen molar-refractivity contribution in [3.63, 3.8) is 0 Å². The summed E-state index contributed by atoms with van der Waals surface area (Å²) in [7, 11) is 0. The molecule has 0 saturated heterocycles. The first kappa shape index (κ1) is 12.3. The van der Waals surface area contributed by atoms with E-state index in [0.29, 0.717) is 10.6 Å². The average molecular weight is 272 g/mol. The maximum absolute atomic E-state index is 13.1. The number of benzene rings is 1. The Kier molecular flexibility index (Phi) is 3.59. The minimum atomic E-state index is -0.438. The second kappa shape index (κ2) is 4.98. The van der Waals surface area contributed by atoms with Gasteiger partial charge in [0.25, 0.3) is 0 Å². The lowest BCUT2D eigenvalue weighted by molar-refractivity contribution is 0.628. The van der Waals surface area contributed by atoms with Gasteiger partial charge in [-0.15, -0.1) is 0 Å². The molecule has 0 bridgehead atoms. The second-order valence-electron chi connectivity index (χ2n) is 3.63. The molecule has 0 aliphatic rings. The summed E-state index contributed by atoms with van der Waals surface area (Å²) in [5, 5.41) is 6.96.